The maximum Gasteiger partial charge on any atom is 0.145 e. The molecule has 1 atom stereocenters. The van der Waals surface area contributed by atoms with Gasteiger partial charge in [-0.15, -0.1) is 0 Å². The molecule has 4 heteroatoms. The van der Waals surface area contributed by atoms with E-state index >= 15 is 0 Å². The van der Waals surface area contributed by atoms with Gasteiger partial charge in [0, 0.05) is 24.2 Å². The van der Waals surface area contributed by atoms with E-state index in [1.807, 2.05) is 6.07 Å². The largest absolute Gasteiger partial charge is 0.315 e. The highest BCUT2D eigenvalue weighted by Gasteiger charge is 2.27. The van der Waals surface area contributed by atoms with E-state index in [1.165, 1.54) is 6.07 Å². The minimum Gasteiger partial charge on any atom is -0.315 e. The van der Waals surface area contributed by atoms with Crippen molar-refractivity contribution < 1.29 is 4.39 Å². The maximum absolute atomic E-state index is 13.8. The van der Waals surface area contributed by atoms with Crippen LogP contribution in [0, 0.1) is 17.1 Å². The lowest BCUT2D eigenvalue weighted by atomic mass is 10.0. The summed E-state index contributed by atoms with van der Waals surface area (Å²) in [6.45, 7) is 4.47. The Morgan fingerprint density at radius 2 is 2.41 bits per heavy atom. The minimum atomic E-state index is -0.406. The van der Waals surface area contributed by atoms with Crippen LogP contribution in [0.5, 0.6) is 0 Å². The molecule has 0 spiro atoms. The van der Waals surface area contributed by atoms with Crippen LogP contribution < -0.4 is 10.6 Å². The molecule has 0 amide bonds. The molecule has 1 saturated heterocycles. The molecule has 1 heterocycles. The van der Waals surface area contributed by atoms with Crippen molar-refractivity contribution >= 4 is 0 Å². The maximum atomic E-state index is 13.8. The van der Waals surface area contributed by atoms with Crippen LogP contribution in [0.15, 0.2) is 18.2 Å². The van der Waals surface area contributed by atoms with Gasteiger partial charge < -0.3 is 10.6 Å². The SMILES string of the molecule is CC1(NCc2cccc(C#N)c2F)CCNC1. The normalized spacial score (nSPS) is 23.6. The van der Waals surface area contributed by atoms with Gasteiger partial charge in [-0.3, -0.25) is 0 Å². The summed E-state index contributed by atoms with van der Waals surface area (Å²) in [7, 11) is 0. The van der Waals surface area contributed by atoms with Crippen LogP contribution in [0.25, 0.3) is 0 Å². The van der Waals surface area contributed by atoms with Crippen LogP contribution in [0.3, 0.4) is 0 Å². The lowest BCUT2D eigenvalue weighted by Crippen LogP contribution is -2.43. The first-order valence-electron chi connectivity index (χ1n) is 5.78. The molecule has 1 aromatic carbocycles. The predicted molar refractivity (Wildman–Crippen MR) is 63.8 cm³/mol. The average Bonchev–Trinajstić information content (AvgIpc) is 2.75. The lowest BCUT2D eigenvalue weighted by Gasteiger charge is -2.24. The fourth-order valence-electron chi connectivity index (χ4n) is 2.08. The Morgan fingerprint density at radius 1 is 1.59 bits per heavy atom. The van der Waals surface area contributed by atoms with Crippen molar-refractivity contribution in [3.05, 3.63) is 35.1 Å². The van der Waals surface area contributed by atoms with Gasteiger partial charge in [0.15, 0.2) is 0 Å². The van der Waals surface area contributed by atoms with Crippen molar-refractivity contribution in [2.45, 2.75) is 25.4 Å². The van der Waals surface area contributed by atoms with Crippen molar-refractivity contribution in [1.29, 1.82) is 5.26 Å². The van der Waals surface area contributed by atoms with E-state index in [0.29, 0.717) is 12.1 Å². The summed E-state index contributed by atoms with van der Waals surface area (Å²) in [4.78, 5) is 0. The Labute approximate surface area is 101 Å². The van der Waals surface area contributed by atoms with Crippen molar-refractivity contribution in [2.75, 3.05) is 13.1 Å². The van der Waals surface area contributed by atoms with Crippen molar-refractivity contribution in [3.63, 3.8) is 0 Å². The number of nitrogens with zero attached hydrogens (tertiary/aromatic N) is 1. The highest BCUT2D eigenvalue weighted by Crippen LogP contribution is 2.16. The molecular weight excluding hydrogens is 217 g/mol. The van der Waals surface area contributed by atoms with Crippen molar-refractivity contribution in [1.82, 2.24) is 10.6 Å². The van der Waals surface area contributed by atoms with Gasteiger partial charge >= 0.3 is 0 Å². The monoisotopic (exact) mass is 233 g/mol. The molecule has 0 saturated carbocycles. The van der Waals surface area contributed by atoms with Crippen LogP contribution >= 0.6 is 0 Å². The first kappa shape index (κ1) is 12.0. The molecule has 1 aliphatic heterocycles. The number of benzene rings is 1. The summed E-state index contributed by atoms with van der Waals surface area (Å²) >= 11 is 0. The second-order valence-electron chi connectivity index (χ2n) is 4.73. The highest BCUT2D eigenvalue weighted by atomic mass is 19.1. The van der Waals surface area contributed by atoms with Gasteiger partial charge in [0.25, 0.3) is 0 Å². The molecule has 2 N–H and O–H groups in total. The topological polar surface area (TPSA) is 47.9 Å². The van der Waals surface area contributed by atoms with Gasteiger partial charge in [0.1, 0.15) is 11.9 Å². The lowest BCUT2D eigenvalue weighted by molar-refractivity contribution is 0.382. The van der Waals surface area contributed by atoms with Crippen LogP contribution in [-0.2, 0) is 6.54 Å². The van der Waals surface area contributed by atoms with E-state index in [0.717, 1.165) is 19.5 Å². The van der Waals surface area contributed by atoms with Crippen molar-refractivity contribution in [3.8, 4) is 6.07 Å². The Kier molecular flexibility index (Phi) is 3.41. The molecule has 1 unspecified atom stereocenters. The number of nitriles is 1. The third-order valence-electron chi connectivity index (χ3n) is 3.27. The number of rotatable bonds is 3. The Morgan fingerprint density at radius 3 is 3.06 bits per heavy atom. The smallest absolute Gasteiger partial charge is 0.145 e. The first-order valence-corrected chi connectivity index (χ1v) is 5.78. The molecule has 2 rings (SSSR count). The summed E-state index contributed by atoms with van der Waals surface area (Å²) in [5.41, 5.74) is 0.686. The van der Waals surface area contributed by atoms with E-state index in [1.54, 1.807) is 12.1 Å². The molecule has 0 bridgehead atoms. The average molecular weight is 233 g/mol. The summed E-state index contributed by atoms with van der Waals surface area (Å²) in [5, 5.41) is 15.4. The Hall–Kier alpha value is -1.44. The second kappa shape index (κ2) is 4.82. The molecule has 3 nitrogen and oxygen atoms in total. The number of nitrogens with one attached hydrogen (secondary N) is 2. The van der Waals surface area contributed by atoms with Gasteiger partial charge in [-0.25, -0.2) is 4.39 Å². The van der Waals surface area contributed by atoms with Crippen LogP contribution in [0.2, 0.25) is 0 Å². The summed E-state index contributed by atoms with van der Waals surface area (Å²) in [6.07, 6.45) is 1.03. The third kappa shape index (κ3) is 2.63. The third-order valence-corrected chi connectivity index (χ3v) is 3.27. The summed E-state index contributed by atoms with van der Waals surface area (Å²) in [5.74, 6) is -0.406. The molecule has 0 aromatic heterocycles. The molecular formula is C13H16FN3. The fourth-order valence-corrected chi connectivity index (χ4v) is 2.08. The molecule has 90 valence electrons. The zero-order chi connectivity index (χ0) is 12.3. The molecule has 1 aliphatic rings. The Balaban J connectivity index is 2.07. The number of hydrogen-bond donors (Lipinski definition) is 2. The minimum absolute atomic E-state index is 0.0229. The molecule has 1 aromatic rings. The molecule has 0 aliphatic carbocycles. The quantitative estimate of drug-likeness (QED) is 0.832. The van der Waals surface area contributed by atoms with Crippen LogP contribution in [-0.4, -0.2) is 18.6 Å². The zero-order valence-corrected chi connectivity index (χ0v) is 9.89. The van der Waals surface area contributed by atoms with E-state index in [-0.39, 0.29) is 11.1 Å². The van der Waals surface area contributed by atoms with Gasteiger partial charge in [-0.1, -0.05) is 12.1 Å². The second-order valence-corrected chi connectivity index (χ2v) is 4.73. The first-order chi connectivity index (χ1) is 8.14. The molecule has 17 heavy (non-hydrogen) atoms. The number of hydrogen-bond acceptors (Lipinski definition) is 3. The van der Waals surface area contributed by atoms with Gasteiger partial charge in [-0.05, 0) is 26.0 Å². The standard InChI is InChI=1S/C13H16FN3/c1-13(5-6-16-9-13)17-8-11-4-2-3-10(7-15)12(11)14/h2-4,16-17H,5-6,8-9H2,1H3. The van der Waals surface area contributed by atoms with E-state index in [2.05, 4.69) is 17.6 Å². The molecule has 1 fully saturated rings. The number of halogens is 1. The van der Waals surface area contributed by atoms with Crippen LogP contribution in [0.4, 0.5) is 4.39 Å². The summed E-state index contributed by atoms with van der Waals surface area (Å²) < 4.78 is 13.8. The predicted octanol–water partition coefficient (Wildman–Crippen LogP) is 1.54. The van der Waals surface area contributed by atoms with E-state index in [9.17, 15) is 4.39 Å². The molecule has 0 radical (unpaired) electrons. The van der Waals surface area contributed by atoms with Gasteiger partial charge in [0.2, 0.25) is 0 Å². The Bertz CT molecular complexity index is 444. The fraction of sp³-hybridized carbons (Fsp3) is 0.462. The summed E-state index contributed by atoms with van der Waals surface area (Å²) in [6, 6.07) is 6.79. The zero-order valence-electron chi connectivity index (χ0n) is 9.89. The highest BCUT2D eigenvalue weighted by molar-refractivity contribution is 5.34. The van der Waals surface area contributed by atoms with Crippen LogP contribution in [0.1, 0.15) is 24.5 Å². The van der Waals surface area contributed by atoms with E-state index < -0.39 is 5.82 Å². The van der Waals surface area contributed by atoms with E-state index in [4.69, 9.17) is 5.26 Å². The van der Waals surface area contributed by atoms with Gasteiger partial charge in [-0.2, -0.15) is 5.26 Å². The van der Waals surface area contributed by atoms with Gasteiger partial charge in [0.05, 0.1) is 5.56 Å². The van der Waals surface area contributed by atoms with Crippen molar-refractivity contribution in [2.24, 2.45) is 0 Å².